The molecule has 1 saturated heterocycles. The third-order valence-corrected chi connectivity index (χ3v) is 6.64. The maximum atomic E-state index is 13.9. The van der Waals surface area contributed by atoms with Crippen LogP contribution >= 0.6 is 0 Å². The average molecular weight is 458 g/mol. The zero-order valence-electron chi connectivity index (χ0n) is 19.6. The second-order valence-corrected chi connectivity index (χ2v) is 8.94. The number of urea groups is 1. The van der Waals surface area contributed by atoms with E-state index in [1.54, 1.807) is 14.0 Å². The lowest BCUT2D eigenvalue weighted by Gasteiger charge is -2.54. The number of ether oxygens (including phenoxy) is 2. The zero-order valence-corrected chi connectivity index (χ0v) is 19.6. The Morgan fingerprint density at radius 3 is 2.56 bits per heavy atom. The third-order valence-electron chi connectivity index (χ3n) is 6.64. The Morgan fingerprint density at radius 1 is 1.09 bits per heavy atom. The number of aryl methyl sites for hydroxylation is 2. The van der Waals surface area contributed by atoms with Crippen LogP contribution in [-0.2, 0) is 4.79 Å². The molecule has 0 unspecified atom stereocenters. The number of carbonyl (C=O) groups excluding carboxylic acids is 2. The van der Waals surface area contributed by atoms with Crippen molar-refractivity contribution in [2.75, 3.05) is 17.3 Å². The number of nitrogens with zero attached hydrogens (tertiary/aromatic N) is 1. The highest BCUT2D eigenvalue weighted by Gasteiger charge is 2.60. The number of hydrogen-bond donors (Lipinski definition) is 2. The van der Waals surface area contributed by atoms with Gasteiger partial charge in [-0.25, -0.2) is 4.79 Å². The molecule has 7 heteroatoms. The summed E-state index contributed by atoms with van der Waals surface area (Å²) in [5.74, 6) is 0.239. The Kier molecular flexibility index (Phi) is 5.20. The Balaban J connectivity index is 1.63. The van der Waals surface area contributed by atoms with Crippen molar-refractivity contribution in [2.24, 2.45) is 5.92 Å². The summed E-state index contributed by atoms with van der Waals surface area (Å²) in [5, 5.41) is 6.14. The lowest BCUT2D eigenvalue weighted by Crippen LogP contribution is -2.72. The van der Waals surface area contributed by atoms with Gasteiger partial charge in [-0.15, -0.1) is 0 Å². The molecule has 2 N–H and O–H groups in total. The van der Waals surface area contributed by atoms with E-state index in [0.29, 0.717) is 22.7 Å². The number of hydrogen-bond acceptors (Lipinski definition) is 4. The first-order valence-corrected chi connectivity index (χ1v) is 11.2. The fourth-order valence-corrected chi connectivity index (χ4v) is 5.02. The van der Waals surface area contributed by atoms with Crippen molar-refractivity contribution >= 4 is 23.3 Å². The molecule has 2 aliphatic heterocycles. The minimum Gasteiger partial charge on any atom is -0.497 e. The van der Waals surface area contributed by atoms with Crippen molar-refractivity contribution in [3.8, 4) is 11.5 Å². The van der Waals surface area contributed by atoms with Gasteiger partial charge in [0.15, 0.2) is 0 Å². The summed E-state index contributed by atoms with van der Waals surface area (Å²) in [6.07, 6.45) is 0. The number of carbonyl (C=O) groups is 2. The highest BCUT2D eigenvalue weighted by Crippen LogP contribution is 2.50. The first kappa shape index (κ1) is 21.8. The molecule has 0 saturated carbocycles. The first-order valence-electron chi connectivity index (χ1n) is 11.2. The Labute approximate surface area is 198 Å². The van der Waals surface area contributed by atoms with Gasteiger partial charge in [0.05, 0.1) is 13.2 Å². The minimum atomic E-state index is -1.27. The van der Waals surface area contributed by atoms with E-state index in [0.717, 1.165) is 16.8 Å². The number of methoxy groups -OCH3 is 1. The number of fused-ring (bicyclic) bond motifs is 4. The van der Waals surface area contributed by atoms with Crippen molar-refractivity contribution in [1.82, 2.24) is 5.32 Å². The van der Waals surface area contributed by atoms with Gasteiger partial charge in [-0.1, -0.05) is 35.9 Å². The van der Waals surface area contributed by atoms with Crippen LogP contribution in [0.3, 0.4) is 0 Å². The summed E-state index contributed by atoms with van der Waals surface area (Å²) in [5.41, 5.74) is 2.89. The zero-order chi connectivity index (χ0) is 24.0. The van der Waals surface area contributed by atoms with Gasteiger partial charge >= 0.3 is 6.03 Å². The molecule has 0 radical (unpaired) electrons. The molecule has 5 rings (SSSR count). The molecule has 1 fully saturated rings. The van der Waals surface area contributed by atoms with Gasteiger partial charge < -0.3 is 20.1 Å². The number of amides is 3. The van der Waals surface area contributed by atoms with Crippen LogP contribution < -0.4 is 25.0 Å². The third kappa shape index (κ3) is 3.44. The van der Waals surface area contributed by atoms with E-state index in [9.17, 15) is 9.59 Å². The maximum absolute atomic E-state index is 13.9. The summed E-state index contributed by atoms with van der Waals surface area (Å²) in [7, 11) is 1.58. The molecule has 3 atom stereocenters. The first-order chi connectivity index (χ1) is 16.3. The number of nitrogens with one attached hydrogen (secondary N) is 2. The van der Waals surface area contributed by atoms with Gasteiger partial charge in [0.2, 0.25) is 11.6 Å². The molecule has 3 aromatic carbocycles. The van der Waals surface area contributed by atoms with Crippen LogP contribution in [0.15, 0.2) is 66.7 Å². The van der Waals surface area contributed by atoms with Crippen LogP contribution in [0.25, 0.3) is 0 Å². The van der Waals surface area contributed by atoms with E-state index in [2.05, 4.69) is 10.6 Å². The topological polar surface area (TPSA) is 79.9 Å². The second-order valence-electron chi connectivity index (χ2n) is 8.94. The van der Waals surface area contributed by atoms with Crippen molar-refractivity contribution in [3.63, 3.8) is 0 Å². The summed E-state index contributed by atoms with van der Waals surface area (Å²) >= 11 is 0. The fourth-order valence-electron chi connectivity index (χ4n) is 5.02. The van der Waals surface area contributed by atoms with Crippen LogP contribution in [0.1, 0.15) is 29.7 Å². The van der Waals surface area contributed by atoms with Gasteiger partial charge in [0.1, 0.15) is 17.4 Å². The number of para-hydroxylation sites is 1. The van der Waals surface area contributed by atoms with Gasteiger partial charge in [-0.05, 0) is 62.7 Å². The Morgan fingerprint density at radius 2 is 1.85 bits per heavy atom. The second kappa shape index (κ2) is 8.09. The van der Waals surface area contributed by atoms with E-state index in [4.69, 9.17) is 9.47 Å². The number of rotatable bonds is 4. The van der Waals surface area contributed by atoms with Gasteiger partial charge in [0.25, 0.3) is 0 Å². The Bertz CT molecular complexity index is 1280. The molecule has 2 aliphatic rings. The molecular formula is C27H27N3O4. The molecule has 34 heavy (non-hydrogen) atoms. The molecule has 3 aromatic rings. The molecule has 174 valence electrons. The Hall–Kier alpha value is -4.00. The van der Waals surface area contributed by atoms with Crippen LogP contribution in [0.5, 0.6) is 11.5 Å². The molecule has 2 heterocycles. The quantitative estimate of drug-likeness (QED) is 0.581. The molecule has 7 nitrogen and oxygen atoms in total. The summed E-state index contributed by atoms with van der Waals surface area (Å²) < 4.78 is 11.9. The highest BCUT2D eigenvalue weighted by atomic mass is 16.5. The predicted octanol–water partition coefficient (Wildman–Crippen LogP) is 4.95. The van der Waals surface area contributed by atoms with E-state index >= 15 is 0 Å². The molecule has 0 spiro atoms. The van der Waals surface area contributed by atoms with Crippen LogP contribution in [-0.4, -0.2) is 24.8 Å². The minimum absolute atomic E-state index is 0.242. The monoisotopic (exact) mass is 457 g/mol. The van der Waals surface area contributed by atoms with Crippen LogP contribution in [0.4, 0.5) is 16.2 Å². The smallest absolute Gasteiger partial charge is 0.325 e. The standard InChI is InChI=1S/C27H27N3O4/c1-16-10-12-21(17(2)14-16)28-25(31)23-24-20-15-19(33-4)11-13-22(20)34-27(23,3)30(26(32)29-24)18-8-6-5-7-9-18/h5-15,23-24H,1-4H3,(H,28,31)(H,29,32)/t23-,24-,27+/m1/s1. The van der Waals surface area contributed by atoms with E-state index in [-0.39, 0.29) is 11.9 Å². The molecule has 2 bridgehead atoms. The summed E-state index contributed by atoms with van der Waals surface area (Å²) in [4.78, 5) is 28.8. The summed E-state index contributed by atoms with van der Waals surface area (Å²) in [6.45, 7) is 5.77. The normalized spacial score (nSPS) is 22.8. The summed E-state index contributed by atoms with van der Waals surface area (Å²) in [6, 6.07) is 19.6. The van der Waals surface area contributed by atoms with Crippen molar-refractivity contribution in [2.45, 2.75) is 32.5 Å². The maximum Gasteiger partial charge on any atom is 0.325 e. The average Bonchev–Trinajstić information content (AvgIpc) is 2.80. The van der Waals surface area contributed by atoms with E-state index < -0.39 is 17.7 Å². The highest BCUT2D eigenvalue weighted by molar-refractivity contribution is 6.01. The lowest BCUT2D eigenvalue weighted by atomic mass is 9.78. The van der Waals surface area contributed by atoms with Gasteiger partial charge in [0, 0.05) is 16.9 Å². The fraction of sp³-hybridized carbons (Fsp3) is 0.259. The number of benzene rings is 3. The van der Waals surface area contributed by atoms with Gasteiger partial charge in [-0.2, -0.15) is 0 Å². The van der Waals surface area contributed by atoms with Gasteiger partial charge in [-0.3, -0.25) is 9.69 Å². The molecular weight excluding hydrogens is 430 g/mol. The van der Waals surface area contributed by atoms with Crippen molar-refractivity contribution < 1.29 is 19.1 Å². The van der Waals surface area contributed by atoms with E-state index in [1.807, 2.05) is 80.6 Å². The van der Waals surface area contributed by atoms with Crippen LogP contribution in [0, 0.1) is 19.8 Å². The van der Waals surface area contributed by atoms with Crippen LogP contribution in [0.2, 0.25) is 0 Å². The molecule has 3 amide bonds. The van der Waals surface area contributed by atoms with Crippen molar-refractivity contribution in [1.29, 1.82) is 0 Å². The lowest BCUT2D eigenvalue weighted by molar-refractivity contribution is -0.131. The predicted molar refractivity (Wildman–Crippen MR) is 130 cm³/mol. The number of anilines is 2. The van der Waals surface area contributed by atoms with Crippen molar-refractivity contribution in [3.05, 3.63) is 83.4 Å². The SMILES string of the molecule is COc1ccc2c(c1)[C@H]1NC(=O)N(c3ccccc3)[C@@](C)(O2)[C@H]1C(=O)Nc1ccc(C)cc1C. The largest absolute Gasteiger partial charge is 0.497 e. The van der Waals surface area contributed by atoms with E-state index in [1.165, 1.54) is 4.90 Å². The molecule has 0 aromatic heterocycles. The molecule has 0 aliphatic carbocycles.